The number of rotatable bonds is 3. The van der Waals surface area contributed by atoms with Crippen LogP contribution in [0.15, 0.2) is 18.2 Å². The third-order valence-electron chi connectivity index (χ3n) is 2.75. The molecule has 1 aromatic rings. The molecule has 1 atom stereocenters. The summed E-state index contributed by atoms with van der Waals surface area (Å²) in [5, 5.41) is 14.8. The van der Waals surface area contributed by atoms with Gasteiger partial charge in [-0.25, -0.2) is 0 Å². The van der Waals surface area contributed by atoms with E-state index < -0.39 is 0 Å². The first-order chi connectivity index (χ1) is 7.70. The van der Waals surface area contributed by atoms with E-state index in [0.29, 0.717) is 5.56 Å². The highest BCUT2D eigenvalue weighted by molar-refractivity contribution is 5.94. The fourth-order valence-corrected chi connectivity index (χ4v) is 1.79. The van der Waals surface area contributed by atoms with Crippen LogP contribution in [0.25, 0.3) is 0 Å². The summed E-state index contributed by atoms with van der Waals surface area (Å²) in [6, 6.07) is 5.51. The van der Waals surface area contributed by atoms with Gasteiger partial charge in [-0.05, 0) is 30.2 Å². The highest BCUT2D eigenvalue weighted by atomic mass is 16.3. The highest BCUT2D eigenvalue weighted by Crippen LogP contribution is 2.16. The molecule has 3 N–H and O–H groups in total. The minimum absolute atomic E-state index is 0.0434. The van der Waals surface area contributed by atoms with Crippen molar-refractivity contribution in [1.29, 1.82) is 0 Å². The lowest BCUT2D eigenvalue weighted by molar-refractivity contribution is 0.0922. The van der Waals surface area contributed by atoms with E-state index >= 15 is 0 Å². The zero-order chi connectivity index (χ0) is 11.5. The van der Waals surface area contributed by atoms with E-state index in [4.69, 9.17) is 5.11 Å². The first-order valence-corrected chi connectivity index (χ1v) is 5.45. The van der Waals surface area contributed by atoms with Crippen molar-refractivity contribution in [2.45, 2.75) is 26.1 Å². The van der Waals surface area contributed by atoms with Gasteiger partial charge in [0, 0.05) is 24.7 Å². The maximum atomic E-state index is 11.8. The average molecular weight is 220 g/mol. The molecule has 0 unspecified atom stereocenters. The Kier molecular flexibility index (Phi) is 3.22. The van der Waals surface area contributed by atoms with Gasteiger partial charge in [-0.3, -0.25) is 4.79 Å². The molecule has 0 spiro atoms. The second-order valence-corrected chi connectivity index (χ2v) is 4.14. The molecule has 4 nitrogen and oxygen atoms in total. The van der Waals surface area contributed by atoms with Crippen LogP contribution in [-0.4, -0.2) is 23.7 Å². The molecule has 1 aliphatic rings. The predicted molar refractivity (Wildman–Crippen MR) is 61.0 cm³/mol. The Bertz CT molecular complexity index is 404. The zero-order valence-electron chi connectivity index (χ0n) is 9.29. The lowest BCUT2D eigenvalue weighted by atomic mass is 10.1. The summed E-state index contributed by atoms with van der Waals surface area (Å²) in [5.74, 6) is -0.128. The molecule has 1 heterocycles. The molecule has 0 saturated carbocycles. The van der Waals surface area contributed by atoms with Crippen LogP contribution < -0.4 is 10.6 Å². The minimum atomic E-state index is -0.209. The van der Waals surface area contributed by atoms with Crippen LogP contribution in [0.1, 0.15) is 28.4 Å². The smallest absolute Gasteiger partial charge is 0.251 e. The average Bonchev–Trinajstić information content (AvgIpc) is 2.75. The monoisotopic (exact) mass is 220 g/mol. The summed E-state index contributed by atoms with van der Waals surface area (Å²) in [6.45, 7) is 3.43. The number of carbonyl (C=O) groups is 1. The predicted octanol–water partition coefficient (Wildman–Crippen LogP) is 0.400. The number of benzene rings is 1. The molecule has 1 amide bonds. The molecule has 1 aliphatic heterocycles. The van der Waals surface area contributed by atoms with E-state index in [-0.39, 0.29) is 18.6 Å². The number of aliphatic hydroxyl groups is 1. The van der Waals surface area contributed by atoms with Crippen molar-refractivity contribution in [2.75, 3.05) is 6.61 Å². The van der Waals surface area contributed by atoms with Crippen LogP contribution >= 0.6 is 0 Å². The number of aliphatic hydroxyl groups excluding tert-OH is 1. The van der Waals surface area contributed by atoms with Gasteiger partial charge in [0.1, 0.15) is 0 Å². The van der Waals surface area contributed by atoms with Crippen molar-refractivity contribution in [3.05, 3.63) is 34.9 Å². The second-order valence-electron chi connectivity index (χ2n) is 4.14. The summed E-state index contributed by atoms with van der Waals surface area (Å²) in [7, 11) is 0. The summed E-state index contributed by atoms with van der Waals surface area (Å²) in [5.41, 5.74) is 3.10. The number of hydrogen-bond donors (Lipinski definition) is 3. The first kappa shape index (κ1) is 11.1. The Morgan fingerprint density at radius 2 is 2.25 bits per heavy atom. The zero-order valence-corrected chi connectivity index (χ0v) is 9.29. The van der Waals surface area contributed by atoms with E-state index in [1.54, 1.807) is 6.92 Å². The molecule has 1 aromatic carbocycles. The van der Waals surface area contributed by atoms with Gasteiger partial charge in [0.05, 0.1) is 6.61 Å². The number of carbonyl (C=O) groups excluding carboxylic acids is 1. The number of amides is 1. The molecule has 0 saturated heterocycles. The van der Waals surface area contributed by atoms with Crippen molar-refractivity contribution >= 4 is 5.91 Å². The summed E-state index contributed by atoms with van der Waals surface area (Å²) in [4.78, 5) is 11.8. The van der Waals surface area contributed by atoms with Crippen LogP contribution in [0.5, 0.6) is 0 Å². The lowest BCUT2D eigenvalue weighted by Gasteiger charge is -2.11. The fraction of sp³-hybridized carbons (Fsp3) is 0.417. The van der Waals surface area contributed by atoms with Crippen molar-refractivity contribution in [2.24, 2.45) is 0 Å². The van der Waals surface area contributed by atoms with E-state index in [9.17, 15) is 4.79 Å². The molecule has 0 fully saturated rings. The topological polar surface area (TPSA) is 61.4 Å². The molecule has 86 valence electrons. The van der Waals surface area contributed by atoms with Gasteiger partial charge in [0.15, 0.2) is 0 Å². The Morgan fingerprint density at radius 1 is 1.50 bits per heavy atom. The summed E-state index contributed by atoms with van der Waals surface area (Å²) in [6.07, 6.45) is 0. The fourth-order valence-electron chi connectivity index (χ4n) is 1.79. The molecule has 0 aromatic heterocycles. The third kappa shape index (κ3) is 2.23. The molecular weight excluding hydrogens is 204 g/mol. The number of fused-ring (bicyclic) bond motifs is 1. The standard InChI is InChI=1S/C12H16N2O2/c1-8(7-15)14-12(16)9-2-3-10-5-13-6-11(10)4-9/h2-4,8,13,15H,5-7H2,1H3,(H,14,16)/t8-/m0/s1. The SMILES string of the molecule is C[C@@H](CO)NC(=O)c1ccc2c(c1)CNC2. The van der Waals surface area contributed by atoms with Crippen LogP contribution in [0.2, 0.25) is 0 Å². The first-order valence-electron chi connectivity index (χ1n) is 5.45. The third-order valence-corrected chi connectivity index (χ3v) is 2.75. The molecule has 2 rings (SSSR count). The maximum absolute atomic E-state index is 11.8. The van der Waals surface area contributed by atoms with Gasteiger partial charge in [-0.2, -0.15) is 0 Å². The van der Waals surface area contributed by atoms with Gasteiger partial charge in [-0.1, -0.05) is 6.07 Å². The van der Waals surface area contributed by atoms with Crippen molar-refractivity contribution in [3.8, 4) is 0 Å². The molecule has 16 heavy (non-hydrogen) atoms. The molecule has 0 bridgehead atoms. The normalized spacial score (nSPS) is 15.6. The van der Waals surface area contributed by atoms with Crippen molar-refractivity contribution in [3.63, 3.8) is 0 Å². The highest BCUT2D eigenvalue weighted by Gasteiger charge is 2.14. The molecule has 0 radical (unpaired) electrons. The Hall–Kier alpha value is -1.39. The van der Waals surface area contributed by atoms with E-state index in [2.05, 4.69) is 10.6 Å². The van der Waals surface area contributed by atoms with Crippen LogP contribution in [0, 0.1) is 0 Å². The lowest BCUT2D eigenvalue weighted by Crippen LogP contribution is -2.35. The van der Waals surface area contributed by atoms with Crippen molar-refractivity contribution in [1.82, 2.24) is 10.6 Å². The van der Waals surface area contributed by atoms with Gasteiger partial charge in [-0.15, -0.1) is 0 Å². The van der Waals surface area contributed by atoms with E-state index in [1.165, 1.54) is 11.1 Å². The second kappa shape index (κ2) is 4.63. The molecule has 0 aliphatic carbocycles. The summed E-state index contributed by atoms with van der Waals surface area (Å²) >= 11 is 0. The van der Waals surface area contributed by atoms with Gasteiger partial charge in [0.2, 0.25) is 0 Å². The number of nitrogens with one attached hydrogen (secondary N) is 2. The number of hydrogen-bond acceptors (Lipinski definition) is 3. The van der Waals surface area contributed by atoms with E-state index in [0.717, 1.165) is 13.1 Å². The largest absolute Gasteiger partial charge is 0.394 e. The van der Waals surface area contributed by atoms with Gasteiger partial charge in [0.25, 0.3) is 5.91 Å². The Labute approximate surface area is 94.7 Å². The quantitative estimate of drug-likeness (QED) is 0.691. The van der Waals surface area contributed by atoms with Crippen LogP contribution in [0.3, 0.4) is 0 Å². The van der Waals surface area contributed by atoms with Gasteiger partial charge >= 0.3 is 0 Å². The van der Waals surface area contributed by atoms with Gasteiger partial charge < -0.3 is 15.7 Å². The van der Waals surface area contributed by atoms with E-state index in [1.807, 2.05) is 18.2 Å². The molecule has 4 heteroatoms. The van der Waals surface area contributed by atoms with Crippen LogP contribution in [-0.2, 0) is 13.1 Å². The Balaban J connectivity index is 2.12. The van der Waals surface area contributed by atoms with Crippen molar-refractivity contribution < 1.29 is 9.90 Å². The Morgan fingerprint density at radius 3 is 3.00 bits per heavy atom. The summed E-state index contributed by atoms with van der Waals surface area (Å²) < 4.78 is 0. The maximum Gasteiger partial charge on any atom is 0.251 e. The minimum Gasteiger partial charge on any atom is -0.394 e. The molecular formula is C12H16N2O2. The van der Waals surface area contributed by atoms with Crippen LogP contribution in [0.4, 0.5) is 0 Å².